The van der Waals surface area contributed by atoms with Crippen LogP contribution in [-0.4, -0.2) is 11.3 Å². The van der Waals surface area contributed by atoms with Crippen LogP contribution in [0.2, 0.25) is 10.0 Å². The Kier molecular flexibility index (Phi) is 4.05. The zero-order chi connectivity index (χ0) is 10.7. The number of nitrogens with one attached hydrogen (secondary N) is 1. The summed E-state index contributed by atoms with van der Waals surface area (Å²) in [5.41, 5.74) is 0.469. The molecule has 1 aromatic rings. The molecular formula is C9H8Cl3NO. The molecular weight excluding hydrogens is 244 g/mol. The summed E-state index contributed by atoms with van der Waals surface area (Å²) < 4.78 is 0. The smallest absolute Gasteiger partial charge is 0.242 e. The molecule has 1 N–H and O–H groups in total. The lowest BCUT2D eigenvalue weighted by Gasteiger charge is -2.08. The average molecular weight is 253 g/mol. The summed E-state index contributed by atoms with van der Waals surface area (Å²) in [5.74, 6) is -0.309. The van der Waals surface area contributed by atoms with Crippen LogP contribution in [0.3, 0.4) is 0 Å². The maximum Gasteiger partial charge on any atom is 0.242 e. The third kappa shape index (κ3) is 3.05. The highest BCUT2D eigenvalue weighted by atomic mass is 35.5. The first-order chi connectivity index (χ1) is 6.50. The first kappa shape index (κ1) is 11.6. The van der Waals surface area contributed by atoms with Gasteiger partial charge in [0.05, 0.1) is 10.7 Å². The number of carbonyl (C=O) groups excluding carboxylic acids is 1. The van der Waals surface area contributed by atoms with Crippen molar-refractivity contribution in [1.29, 1.82) is 0 Å². The highest BCUT2D eigenvalue weighted by Crippen LogP contribution is 2.25. The van der Waals surface area contributed by atoms with Crippen LogP contribution in [-0.2, 0) is 4.79 Å². The van der Waals surface area contributed by atoms with E-state index in [-0.39, 0.29) is 5.91 Å². The summed E-state index contributed by atoms with van der Waals surface area (Å²) in [6.07, 6.45) is 0. The Morgan fingerprint density at radius 1 is 1.43 bits per heavy atom. The number of amides is 1. The Hall–Kier alpha value is -0.440. The molecule has 0 aromatic heterocycles. The average Bonchev–Trinajstić information content (AvgIpc) is 2.11. The molecule has 5 heteroatoms. The Bertz CT molecular complexity index is 352. The Labute approximate surface area is 97.1 Å². The molecule has 0 aliphatic rings. The van der Waals surface area contributed by atoms with Gasteiger partial charge in [-0.15, -0.1) is 11.6 Å². The Morgan fingerprint density at radius 3 is 2.64 bits per heavy atom. The van der Waals surface area contributed by atoms with Crippen molar-refractivity contribution in [1.82, 2.24) is 0 Å². The maximum atomic E-state index is 11.2. The van der Waals surface area contributed by atoms with Crippen LogP contribution < -0.4 is 5.32 Å². The van der Waals surface area contributed by atoms with Gasteiger partial charge < -0.3 is 5.32 Å². The minimum atomic E-state index is -0.606. The third-order valence-electron chi connectivity index (χ3n) is 1.55. The van der Waals surface area contributed by atoms with Gasteiger partial charge in [-0.2, -0.15) is 0 Å². The van der Waals surface area contributed by atoms with Gasteiger partial charge in [-0.1, -0.05) is 23.2 Å². The summed E-state index contributed by atoms with van der Waals surface area (Å²) in [5, 5.41) is 2.89. The topological polar surface area (TPSA) is 29.1 Å². The number of carbonyl (C=O) groups is 1. The predicted molar refractivity (Wildman–Crippen MR) is 60.4 cm³/mol. The van der Waals surface area contributed by atoms with Crippen molar-refractivity contribution in [2.45, 2.75) is 12.3 Å². The van der Waals surface area contributed by atoms with Crippen molar-refractivity contribution in [2.75, 3.05) is 5.32 Å². The number of rotatable bonds is 2. The molecule has 1 unspecified atom stereocenters. The molecule has 0 saturated carbocycles. The first-order valence-electron chi connectivity index (χ1n) is 3.90. The monoisotopic (exact) mass is 251 g/mol. The lowest BCUT2D eigenvalue weighted by Crippen LogP contribution is -2.20. The summed E-state index contributed by atoms with van der Waals surface area (Å²) in [6.45, 7) is 1.58. The van der Waals surface area contributed by atoms with Gasteiger partial charge in [0.25, 0.3) is 0 Å². The fourth-order valence-electron chi connectivity index (χ4n) is 0.825. The van der Waals surface area contributed by atoms with Gasteiger partial charge in [0.2, 0.25) is 5.91 Å². The Balaban J connectivity index is 2.86. The predicted octanol–water partition coefficient (Wildman–Crippen LogP) is 3.56. The second kappa shape index (κ2) is 4.87. The maximum absolute atomic E-state index is 11.2. The van der Waals surface area contributed by atoms with Crippen LogP contribution >= 0.6 is 34.8 Å². The SMILES string of the molecule is CC(Cl)C(=O)Nc1cc(Cl)ccc1Cl. The quantitative estimate of drug-likeness (QED) is 0.801. The van der Waals surface area contributed by atoms with Gasteiger partial charge in [0.15, 0.2) is 0 Å². The second-order valence-corrected chi connectivity index (χ2v) is 4.23. The van der Waals surface area contributed by atoms with Crippen LogP contribution in [0, 0.1) is 0 Å². The third-order valence-corrected chi connectivity index (χ3v) is 2.31. The fraction of sp³-hybridized carbons (Fsp3) is 0.222. The van der Waals surface area contributed by atoms with Crippen molar-refractivity contribution in [3.63, 3.8) is 0 Å². The summed E-state index contributed by atoms with van der Waals surface area (Å²) in [7, 11) is 0. The van der Waals surface area contributed by atoms with E-state index < -0.39 is 5.38 Å². The molecule has 0 fully saturated rings. The molecule has 0 heterocycles. The molecule has 0 aliphatic heterocycles. The van der Waals surface area contributed by atoms with E-state index in [1.807, 2.05) is 0 Å². The molecule has 76 valence electrons. The number of benzene rings is 1. The zero-order valence-corrected chi connectivity index (χ0v) is 9.62. The molecule has 0 aliphatic carbocycles. The van der Waals surface area contributed by atoms with Crippen LogP contribution in [0.15, 0.2) is 18.2 Å². The van der Waals surface area contributed by atoms with Gasteiger partial charge in [0.1, 0.15) is 5.38 Å². The molecule has 0 spiro atoms. The van der Waals surface area contributed by atoms with Gasteiger partial charge in [-0.05, 0) is 25.1 Å². The van der Waals surface area contributed by atoms with E-state index in [9.17, 15) is 4.79 Å². The number of alkyl halides is 1. The standard InChI is InChI=1S/C9H8Cl3NO/c1-5(10)9(14)13-8-4-6(11)2-3-7(8)12/h2-5H,1H3,(H,13,14). The molecule has 0 saturated heterocycles. The molecule has 1 amide bonds. The van der Waals surface area contributed by atoms with Crippen LogP contribution in [0.5, 0.6) is 0 Å². The number of hydrogen-bond donors (Lipinski definition) is 1. The van der Waals surface area contributed by atoms with Crippen molar-refractivity contribution >= 4 is 46.4 Å². The van der Waals surface area contributed by atoms with Gasteiger partial charge in [-0.3, -0.25) is 4.79 Å². The van der Waals surface area contributed by atoms with E-state index in [1.165, 1.54) is 0 Å². The lowest BCUT2D eigenvalue weighted by molar-refractivity contribution is -0.115. The molecule has 0 bridgehead atoms. The molecule has 1 atom stereocenters. The lowest BCUT2D eigenvalue weighted by atomic mass is 10.3. The highest BCUT2D eigenvalue weighted by Gasteiger charge is 2.11. The number of halogens is 3. The molecule has 1 rings (SSSR count). The second-order valence-electron chi connectivity index (χ2n) is 2.73. The molecule has 2 nitrogen and oxygen atoms in total. The van der Waals surface area contributed by atoms with E-state index in [1.54, 1.807) is 25.1 Å². The summed E-state index contributed by atoms with van der Waals surface area (Å²) in [6, 6.07) is 4.82. The minimum Gasteiger partial charge on any atom is -0.323 e. The van der Waals surface area contributed by atoms with Gasteiger partial charge in [0, 0.05) is 5.02 Å². The largest absolute Gasteiger partial charge is 0.323 e. The van der Waals surface area contributed by atoms with Crippen molar-refractivity contribution in [2.24, 2.45) is 0 Å². The summed E-state index contributed by atoms with van der Waals surface area (Å²) >= 11 is 17.1. The van der Waals surface area contributed by atoms with E-state index in [2.05, 4.69) is 5.32 Å². The van der Waals surface area contributed by atoms with E-state index in [0.717, 1.165) is 0 Å². The minimum absolute atomic E-state index is 0.309. The highest BCUT2D eigenvalue weighted by molar-refractivity contribution is 6.37. The van der Waals surface area contributed by atoms with E-state index in [4.69, 9.17) is 34.8 Å². The molecule has 14 heavy (non-hydrogen) atoms. The first-order valence-corrected chi connectivity index (χ1v) is 5.10. The summed E-state index contributed by atoms with van der Waals surface area (Å²) in [4.78, 5) is 11.2. The Morgan fingerprint density at radius 2 is 2.07 bits per heavy atom. The number of anilines is 1. The van der Waals surface area contributed by atoms with Crippen molar-refractivity contribution < 1.29 is 4.79 Å². The molecule has 0 radical (unpaired) electrons. The van der Waals surface area contributed by atoms with Crippen molar-refractivity contribution in [3.05, 3.63) is 28.2 Å². The van der Waals surface area contributed by atoms with Crippen LogP contribution in [0.4, 0.5) is 5.69 Å². The van der Waals surface area contributed by atoms with Crippen LogP contribution in [0.25, 0.3) is 0 Å². The number of hydrogen-bond acceptors (Lipinski definition) is 1. The molecule has 1 aromatic carbocycles. The van der Waals surface area contributed by atoms with E-state index in [0.29, 0.717) is 15.7 Å². The van der Waals surface area contributed by atoms with Gasteiger partial charge in [-0.25, -0.2) is 0 Å². The fourth-order valence-corrected chi connectivity index (χ4v) is 1.22. The van der Waals surface area contributed by atoms with Crippen LogP contribution in [0.1, 0.15) is 6.92 Å². The van der Waals surface area contributed by atoms with E-state index >= 15 is 0 Å². The van der Waals surface area contributed by atoms with Crippen molar-refractivity contribution in [3.8, 4) is 0 Å². The normalized spacial score (nSPS) is 12.3. The van der Waals surface area contributed by atoms with Gasteiger partial charge >= 0.3 is 0 Å². The zero-order valence-electron chi connectivity index (χ0n) is 7.35.